The number of aromatic amines is 1. The van der Waals surface area contributed by atoms with E-state index < -0.39 is 6.10 Å². The number of ether oxygens (including phenoxy) is 1. The molecule has 130 valence electrons. The molecule has 0 spiro atoms. The molecule has 3 aromatic rings. The Bertz CT molecular complexity index is 928. The van der Waals surface area contributed by atoms with Crippen molar-refractivity contribution in [1.29, 1.82) is 0 Å². The molecule has 2 aliphatic rings. The molecule has 2 aromatic heterocycles. The van der Waals surface area contributed by atoms with E-state index in [-0.39, 0.29) is 11.9 Å². The molecule has 0 saturated carbocycles. The van der Waals surface area contributed by atoms with Gasteiger partial charge in [0, 0.05) is 31.3 Å². The number of amides is 1. The van der Waals surface area contributed by atoms with Crippen molar-refractivity contribution in [2.75, 3.05) is 6.54 Å². The Morgan fingerprint density at radius 3 is 2.88 bits per heavy atom. The van der Waals surface area contributed by atoms with E-state index >= 15 is 0 Å². The number of carbonyl (C=O) groups is 1. The largest absolute Gasteiger partial charge is 0.480 e. The van der Waals surface area contributed by atoms with Crippen LogP contribution in [0.5, 0.6) is 5.75 Å². The van der Waals surface area contributed by atoms with E-state index in [1.807, 2.05) is 47.4 Å². The zero-order valence-corrected chi connectivity index (χ0v) is 14.1. The third kappa shape index (κ3) is 2.37. The molecule has 0 bridgehead atoms. The van der Waals surface area contributed by atoms with Gasteiger partial charge in [-0.3, -0.25) is 9.78 Å². The highest BCUT2D eigenvalue weighted by Gasteiger charge is 2.40. The number of nitrogens with zero attached hydrogens (tertiary/aromatic N) is 3. The summed E-state index contributed by atoms with van der Waals surface area (Å²) in [4.78, 5) is 27.3. The standard InChI is InChI=1S/C20H18N4O2/c25-20(17-11-13-5-1-2-7-16(13)26-17)24-10-8-14-18(23-12-22-14)19(24)15-6-3-4-9-21-15/h1-7,9,12,17,19H,8,10-11H2,(H,22,23). The first kappa shape index (κ1) is 15.1. The number of hydrogen-bond donors (Lipinski definition) is 1. The lowest BCUT2D eigenvalue weighted by molar-refractivity contribution is -0.140. The molecule has 0 radical (unpaired) electrons. The van der Waals surface area contributed by atoms with E-state index in [1.165, 1.54) is 0 Å². The van der Waals surface area contributed by atoms with Crippen molar-refractivity contribution in [2.45, 2.75) is 25.0 Å². The van der Waals surface area contributed by atoms with Gasteiger partial charge in [0.1, 0.15) is 11.8 Å². The van der Waals surface area contributed by atoms with Gasteiger partial charge in [0.25, 0.3) is 5.91 Å². The van der Waals surface area contributed by atoms with E-state index in [9.17, 15) is 4.79 Å². The number of fused-ring (bicyclic) bond motifs is 2. The second-order valence-electron chi connectivity index (χ2n) is 6.62. The van der Waals surface area contributed by atoms with Crippen LogP contribution in [0.25, 0.3) is 0 Å². The number of carbonyl (C=O) groups excluding carboxylic acids is 1. The fourth-order valence-electron chi connectivity index (χ4n) is 3.86. The highest BCUT2D eigenvalue weighted by atomic mass is 16.5. The normalized spacial score (nSPS) is 21.0. The van der Waals surface area contributed by atoms with E-state index in [4.69, 9.17) is 4.74 Å². The monoisotopic (exact) mass is 346 g/mol. The Hall–Kier alpha value is -3.15. The number of nitrogens with one attached hydrogen (secondary N) is 1. The summed E-state index contributed by atoms with van der Waals surface area (Å²) in [6, 6.07) is 13.3. The molecule has 6 nitrogen and oxygen atoms in total. The number of hydrogen-bond acceptors (Lipinski definition) is 4. The van der Waals surface area contributed by atoms with Crippen molar-refractivity contribution in [3.8, 4) is 5.75 Å². The van der Waals surface area contributed by atoms with Crippen LogP contribution >= 0.6 is 0 Å². The van der Waals surface area contributed by atoms with Gasteiger partial charge in [0.15, 0.2) is 6.10 Å². The van der Waals surface area contributed by atoms with Gasteiger partial charge in [0.2, 0.25) is 0 Å². The van der Waals surface area contributed by atoms with Gasteiger partial charge in [-0.1, -0.05) is 24.3 Å². The summed E-state index contributed by atoms with van der Waals surface area (Å²) in [5.41, 5.74) is 3.85. The molecule has 1 N–H and O–H groups in total. The van der Waals surface area contributed by atoms with Crippen LogP contribution in [0.2, 0.25) is 0 Å². The average Bonchev–Trinajstić information content (AvgIpc) is 3.33. The minimum Gasteiger partial charge on any atom is -0.480 e. The zero-order valence-electron chi connectivity index (χ0n) is 14.1. The molecule has 2 unspecified atom stereocenters. The van der Waals surface area contributed by atoms with Gasteiger partial charge in [-0.05, 0) is 23.8 Å². The second-order valence-corrected chi connectivity index (χ2v) is 6.62. The molecule has 2 aliphatic heterocycles. The first-order chi connectivity index (χ1) is 12.8. The van der Waals surface area contributed by atoms with Crippen molar-refractivity contribution >= 4 is 5.91 Å². The Morgan fingerprint density at radius 2 is 2.04 bits per heavy atom. The summed E-state index contributed by atoms with van der Waals surface area (Å²) in [7, 11) is 0. The maximum atomic E-state index is 13.3. The number of para-hydroxylation sites is 1. The maximum Gasteiger partial charge on any atom is 0.264 e. The third-order valence-electron chi connectivity index (χ3n) is 5.10. The van der Waals surface area contributed by atoms with Crippen LogP contribution in [-0.2, 0) is 17.6 Å². The molecular formula is C20H18N4O2. The van der Waals surface area contributed by atoms with E-state index in [1.54, 1.807) is 12.5 Å². The number of imidazole rings is 1. The van der Waals surface area contributed by atoms with Crippen molar-refractivity contribution in [2.24, 2.45) is 0 Å². The summed E-state index contributed by atoms with van der Waals surface area (Å²) >= 11 is 0. The molecule has 1 amide bonds. The van der Waals surface area contributed by atoms with Crippen LogP contribution < -0.4 is 4.74 Å². The van der Waals surface area contributed by atoms with E-state index in [2.05, 4.69) is 15.0 Å². The highest BCUT2D eigenvalue weighted by Crippen LogP contribution is 2.35. The Labute approximate surface area is 150 Å². The quantitative estimate of drug-likeness (QED) is 0.773. The number of pyridine rings is 1. The summed E-state index contributed by atoms with van der Waals surface area (Å²) in [6.45, 7) is 0.617. The van der Waals surface area contributed by atoms with Crippen molar-refractivity contribution in [1.82, 2.24) is 19.9 Å². The van der Waals surface area contributed by atoms with E-state index in [0.29, 0.717) is 13.0 Å². The maximum absolute atomic E-state index is 13.3. The molecule has 1 aromatic carbocycles. The van der Waals surface area contributed by atoms with Crippen molar-refractivity contribution in [3.63, 3.8) is 0 Å². The van der Waals surface area contributed by atoms with Gasteiger partial charge in [-0.2, -0.15) is 0 Å². The average molecular weight is 346 g/mol. The second kappa shape index (κ2) is 5.98. The SMILES string of the molecule is O=C(C1Cc2ccccc2O1)N1CCc2[nH]cnc2C1c1ccccn1. The van der Waals surface area contributed by atoms with Crippen LogP contribution in [0.3, 0.4) is 0 Å². The summed E-state index contributed by atoms with van der Waals surface area (Å²) in [6.07, 6.45) is 4.31. The summed E-state index contributed by atoms with van der Waals surface area (Å²) < 4.78 is 5.94. The molecule has 5 rings (SSSR count). The molecule has 6 heteroatoms. The van der Waals surface area contributed by atoms with Crippen LogP contribution in [0, 0.1) is 0 Å². The number of rotatable bonds is 2. The lowest BCUT2D eigenvalue weighted by atomic mass is 9.98. The predicted octanol–water partition coefficient (Wildman–Crippen LogP) is 2.28. The van der Waals surface area contributed by atoms with Crippen LogP contribution in [0.4, 0.5) is 0 Å². The number of aromatic nitrogens is 3. The molecular weight excluding hydrogens is 328 g/mol. The molecule has 4 heterocycles. The molecule has 0 fully saturated rings. The van der Waals surface area contributed by atoms with Crippen LogP contribution in [-0.4, -0.2) is 38.4 Å². The molecule has 0 aliphatic carbocycles. The Morgan fingerprint density at radius 1 is 1.15 bits per heavy atom. The molecule has 26 heavy (non-hydrogen) atoms. The molecule has 2 atom stereocenters. The first-order valence-corrected chi connectivity index (χ1v) is 8.79. The van der Waals surface area contributed by atoms with Crippen LogP contribution in [0.15, 0.2) is 55.0 Å². The van der Waals surface area contributed by atoms with E-state index in [0.717, 1.165) is 34.8 Å². The summed E-state index contributed by atoms with van der Waals surface area (Å²) in [5, 5.41) is 0. The predicted molar refractivity (Wildman–Crippen MR) is 94.6 cm³/mol. The summed E-state index contributed by atoms with van der Waals surface area (Å²) in [5.74, 6) is 0.795. The first-order valence-electron chi connectivity index (χ1n) is 8.79. The Kier molecular flexibility index (Phi) is 3.48. The minimum absolute atomic E-state index is 0.00879. The lowest BCUT2D eigenvalue weighted by Gasteiger charge is -2.35. The van der Waals surface area contributed by atoms with Gasteiger partial charge in [0.05, 0.1) is 17.7 Å². The third-order valence-corrected chi connectivity index (χ3v) is 5.10. The number of benzene rings is 1. The van der Waals surface area contributed by atoms with Gasteiger partial charge >= 0.3 is 0 Å². The van der Waals surface area contributed by atoms with Crippen molar-refractivity contribution < 1.29 is 9.53 Å². The molecule has 0 saturated heterocycles. The minimum atomic E-state index is -0.487. The highest BCUT2D eigenvalue weighted by molar-refractivity contribution is 5.83. The number of H-pyrrole nitrogens is 1. The van der Waals surface area contributed by atoms with Gasteiger partial charge in [-0.15, -0.1) is 0 Å². The Balaban J connectivity index is 1.49. The zero-order chi connectivity index (χ0) is 17.5. The fraction of sp³-hybridized carbons (Fsp3) is 0.250. The van der Waals surface area contributed by atoms with Crippen LogP contribution in [0.1, 0.15) is 28.7 Å². The lowest BCUT2D eigenvalue weighted by Crippen LogP contribution is -2.47. The van der Waals surface area contributed by atoms with Gasteiger partial charge < -0.3 is 14.6 Å². The smallest absolute Gasteiger partial charge is 0.264 e. The van der Waals surface area contributed by atoms with Gasteiger partial charge in [-0.25, -0.2) is 4.98 Å². The fourth-order valence-corrected chi connectivity index (χ4v) is 3.86. The van der Waals surface area contributed by atoms with Crippen molar-refractivity contribution in [3.05, 3.63) is 77.6 Å². The topological polar surface area (TPSA) is 71.1 Å².